The highest BCUT2D eigenvalue weighted by molar-refractivity contribution is 6.30. The predicted molar refractivity (Wildman–Crippen MR) is 55.5 cm³/mol. The molecule has 4 heteroatoms. The van der Waals surface area contributed by atoms with Crippen LogP contribution < -0.4 is 0 Å². The van der Waals surface area contributed by atoms with Crippen LogP contribution in [0.15, 0.2) is 12.1 Å². The zero-order valence-corrected chi connectivity index (χ0v) is 9.14. The molecule has 0 spiro atoms. The van der Waals surface area contributed by atoms with Gasteiger partial charge in [0.15, 0.2) is 0 Å². The number of ether oxygens (including phenoxy) is 1. The number of rotatable bonds is 2. The molecule has 1 aromatic carbocycles. The first-order valence-corrected chi connectivity index (χ1v) is 5.24. The van der Waals surface area contributed by atoms with Gasteiger partial charge in [0, 0.05) is 0 Å². The summed E-state index contributed by atoms with van der Waals surface area (Å²) < 4.78 is 18.6. The van der Waals surface area contributed by atoms with E-state index in [-0.39, 0.29) is 18.2 Å². The molecule has 1 N–H and O–H groups in total. The third-order valence-corrected chi connectivity index (χ3v) is 3.02. The minimum absolute atomic E-state index is 0.0967. The summed E-state index contributed by atoms with van der Waals surface area (Å²) in [4.78, 5) is 0. The van der Waals surface area contributed by atoms with Crippen molar-refractivity contribution in [3.05, 3.63) is 34.1 Å². The molecule has 0 radical (unpaired) electrons. The third-order valence-electron chi connectivity index (χ3n) is 2.73. The third kappa shape index (κ3) is 1.65. The van der Waals surface area contributed by atoms with Crippen molar-refractivity contribution in [3.63, 3.8) is 0 Å². The molecular formula is C11H12ClFO2. The second kappa shape index (κ2) is 3.74. The number of benzene rings is 1. The van der Waals surface area contributed by atoms with Gasteiger partial charge in [-0.05, 0) is 23.6 Å². The number of hydrogen-bond donors (Lipinski definition) is 1. The number of halogens is 2. The Kier molecular flexibility index (Phi) is 2.71. The zero-order valence-electron chi connectivity index (χ0n) is 8.39. The quantitative estimate of drug-likeness (QED) is 0.845. The van der Waals surface area contributed by atoms with E-state index in [1.54, 1.807) is 6.07 Å². The lowest BCUT2D eigenvalue weighted by molar-refractivity contribution is -0.185. The van der Waals surface area contributed by atoms with Gasteiger partial charge in [0.25, 0.3) is 0 Å². The minimum Gasteiger partial charge on any atom is -0.380 e. The van der Waals surface area contributed by atoms with E-state index in [1.807, 2.05) is 6.92 Å². The summed E-state index contributed by atoms with van der Waals surface area (Å²) in [5.74, 6) is -0.433. The average Bonchev–Trinajstić information content (AvgIpc) is 2.18. The van der Waals surface area contributed by atoms with Crippen LogP contribution >= 0.6 is 11.6 Å². The summed E-state index contributed by atoms with van der Waals surface area (Å²) >= 11 is 5.69. The highest BCUT2D eigenvalue weighted by Crippen LogP contribution is 2.34. The smallest absolute Gasteiger partial charge is 0.145 e. The van der Waals surface area contributed by atoms with Gasteiger partial charge in [0.2, 0.25) is 0 Å². The topological polar surface area (TPSA) is 29.5 Å². The van der Waals surface area contributed by atoms with Gasteiger partial charge < -0.3 is 9.84 Å². The van der Waals surface area contributed by atoms with Crippen molar-refractivity contribution in [2.24, 2.45) is 0 Å². The molecule has 2 nitrogen and oxygen atoms in total. The Bertz CT molecular complexity index is 388. The molecule has 1 aromatic rings. The lowest BCUT2D eigenvalue weighted by Gasteiger charge is -2.38. The van der Waals surface area contributed by atoms with Crippen LogP contribution in [-0.2, 0) is 16.8 Å². The van der Waals surface area contributed by atoms with Crippen molar-refractivity contribution < 1.29 is 14.2 Å². The Morgan fingerprint density at radius 1 is 1.53 bits per heavy atom. The van der Waals surface area contributed by atoms with Gasteiger partial charge >= 0.3 is 0 Å². The van der Waals surface area contributed by atoms with Crippen LogP contribution in [0.4, 0.5) is 4.39 Å². The van der Waals surface area contributed by atoms with Crippen LogP contribution in [0.5, 0.6) is 0 Å². The lowest BCUT2D eigenvalue weighted by Crippen LogP contribution is -2.47. The highest BCUT2D eigenvalue weighted by atomic mass is 35.5. The SMILES string of the molecule is CCc1c(C2(O)COC2)ccc(Cl)c1F. The van der Waals surface area contributed by atoms with Crippen LogP contribution in [0.25, 0.3) is 0 Å². The molecule has 1 aliphatic heterocycles. The van der Waals surface area contributed by atoms with Crippen LogP contribution in [0.3, 0.4) is 0 Å². The zero-order chi connectivity index (χ0) is 11.1. The van der Waals surface area contributed by atoms with Gasteiger partial charge in [-0.25, -0.2) is 4.39 Å². The van der Waals surface area contributed by atoms with Crippen molar-refractivity contribution in [1.29, 1.82) is 0 Å². The Balaban J connectivity index is 2.52. The molecule has 1 saturated heterocycles. The van der Waals surface area contributed by atoms with Gasteiger partial charge in [0.05, 0.1) is 18.2 Å². The van der Waals surface area contributed by atoms with Crippen LogP contribution in [0.1, 0.15) is 18.1 Å². The predicted octanol–water partition coefficient (Wildman–Crippen LogP) is 2.26. The van der Waals surface area contributed by atoms with Gasteiger partial charge in [0.1, 0.15) is 11.4 Å². The van der Waals surface area contributed by atoms with Crippen LogP contribution in [0.2, 0.25) is 5.02 Å². The molecule has 1 fully saturated rings. The fraction of sp³-hybridized carbons (Fsp3) is 0.455. The molecular weight excluding hydrogens is 219 g/mol. The lowest BCUT2D eigenvalue weighted by atomic mass is 9.87. The molecule has 0 bridgehead atoms. The molecule has 0 aromatic heterocycles. The molecule has 82 valence electrons. The fourth-order valence-corrected chi connectivity index (χ4v) is 2.00. The van der Waals surface area contributed by atoms with E-state index in [0.29, 0.717) is 17.5 Å². The minimum atomic E-state index is -1.03. The second-order valence-corrected chi connectivity index (χ2v) is 4.17. The van der Waals surface area contributed by atoms with E-state index in [4.69, 9.17) is 16.3 Å². The van der Waals surface area contributed by atoms with Crippen LogP contribution in [0, 0.1) is 5.82 Å². The fourth-order valence-electron chi connectivity index (χ4n) is 1.83. The van der Waals surface area contributed by atoms with E-state index in [2.05, 4.69) is 0 Å². The van der Waals surface area contributed by atoms with Gasteiger partial charge in [-0.1, -0.05) is 24.6 Å². The first-order valence-electron chi connectivity index (χ1n) is 4.86. The molecule has 15 heavy (non-hydrogen) atoms. The number of aliphatic hydroxyl groups is 1. The Hall–Kier alpha value is -0.640. The summed E-state index contributed by atoms with van der Waals surface area (Å²) in [5.41, 5.74) is 0.0444. The van der Waals surface area contributed by atoms with Crippen molar-refractivity contribution in [2.75, 3.05) is 13.2 Å². The molecule has 1 heterocycles. The van der Waals surface area contributed by atoms with Gasteiger partial charge in [-0.15, -0.1) is 0 Å². The Morgan fingerprint density at radius 3 is 2.67 bits per heavy atom. The van der Waals surface area contributed by atoms with Crippen molar-refractivity contribution in [1.82, 2.24) is 0 Å². The van der Waals surface area contributed by atoms with E-state index < -0.39 is 11.4 Å². The monoisotopic (exact) mass is 230 g/mol. The molecule has 0 atom stereocenters. The van der Waals surface area contributed by atoms with Crippen molar-refractivity contribution in [3.8, 4) is 0 Å². The standard InChI is InChI=1S/C11H12ClFO2/c1-2-7-8(11(14)5-15-6-11)3-4-9(12)10(7)13/h3-4,14H,2,5-6H2,1H3. The first-order chi connectivity index (χ1) is 7.08. The van der Waals surface area contributed by atoms with Crippen molar-refractivity contribution >= 4 is 11.6 Å². The second-order valence-electron chi connectivity index (χ2n) is 3.77. The van der Waals surface area contributed by atoms with Gasteiger partial charge in [-0.3, -0.25) is 0 Å². The summed E-state index contributed by atoms with van der Waals surface area (Å²) in [6, 6.07) is 3.15. The summed E-state index contributed by atoms with van der Waals surface area (Å²) in [6.45, 7) is 2.28. The Morgan fingerprint density at radius 2 is 2.20 bits per heavy atom. The highest BCUT2D eigenvalue weighted by Gasteiger charge is 2.40. The summed E-state index contributed by atoms with van der Waals surface area (Å²) in [6.07, 6.45) is 0.504. The molecule has 0 aliphatic carbocycles. The molecule has 1 aliphatic rings. The maximum absolute atomic E-state index is 13.7. The molecule has 0 saturated carbocycles. The van der Waals surface area contributed by atoms with Crippen molar-refractivity contribution in [2.45, 2.75) is 18.9 Å². The van der Waals surface area contributed by atoms with E-state index in [0.717, 1.165) is 0 Å². The molecule has 0 amide bonds. The summed E-state index contributed by atoms with van der Waals surface area (Å²) in [7, 11) is 0. The Labute approximate surface area is 92.6 Å². The first kappa shape index (κ1) is 10.9. The largest absolute Gasteiger partial charge is 0.380 e. The van der Waals surface area contributed by atoms with E-state index >= 15 is 0 Å². The van der Waals surface area contributed by atoms with Crippen LogP contribution in [-0.4, -0.2) is 18.3 Å². The van der Waals surface area contributed by atoms with Gasteiger partial charge in [-0.2, -0.15) is 0 Å². The maximum atomic E-state index is 13.7. The molecule has 2 rings (SSSR count). The van der Waals surface area contributed by atoms with E-state index in [9.17, 15) is 9.50 Å². The average molecular weight is 231 g/mol. The summed E-state index contributed by atoms with van der Waals surface area (Å²) in [5, 5.41) is 10.2. The maximum Gasteiger partial charge on any atom is 0.145 e. The van der Waals surface area contributed by atoms with E-state index in [1.165, 1.54) is 6.07 Å². The normalized spacial score (nSPS) is 18.7. The number of hydrogen-bond acceptors (Lipinski definition) is 2. The molecule has 0 unspecified atom stereocenters.